The van der Waals surface area contributed by atoms with E-state index in [1.54, 1.807) is 62.5 Å². The number of halogens is 3. The fourth-order valence-electron chi connectivity index (χ4n) is 3.61. The highest BCUT2D eigenvalue weighted by atomic mass is 35.5. The summed E-state index contributed by atoms with van der Waals surface area (Å²) in [6.07, 6.45) is 0. The lowest BCUT2D eigenvalue weighted by molar-refractivity contribution is 0.0472. The largest absolute Gasteiger partial charge is 0.457 e. The summed E-state index contributed by atoms with van der Waals surface area (Å²) in [5.41, 5.74) is 0.551. The molecular formula is C25H20Cl3N3O5S. The van der Waals surface area contributed by atoms with Gasteiger partial charge in [-0.15, -0.1) is 0 Å². The maximum atomic E-state index is 13.2. The van der Waals surface area contributed by atoms with Crippen LogP contribution in [-0.2, 0) is 28.4 Å². The molecule has 0 unspecified atom stereocenters. The molecule has 0 radical (unpaired) electrons. The second kappa shape index (κ2) is 10.6. The smallest absolute Gasteiger partial charge is 0.338 e. The number of carbonyl (C=O) groups is 1. The molecule has 37 heavy (non-hydrogen) atoms. The highest BCUT2D eigenvalue weighted by molar-refractivity contribution is 7.92. The van der Waals surface area contributed by atoms with Crippen molar-refractivity contribution in [2.75, 3.05) is 4.72 Å². The fourth-order valence-corrected chi connectivity index (χ4v) is 5.60. The summed E-state index contributed by atoms with van der Waals surface area (Å²) >= 11 is 18.4. The molecule has 1 N–H and O–H groups in total. The Morgan fingerprint density at radius 2 is 1.62 bits per heavy atom. The number of hydrogen-bond acceptors (Lipinski definition) is 5. The zero-order valence-electron chi connectivity index (χ0n) is 19.5. The van der Waals surface area contributed by atoms with Crippen molar-refractivity contribution in [3.63, 3.8) is 0 Å². The highest BCUT2D eigenvalue weighted by Crippen LogP contribution is 2.27. The molecule has 0 atom stereocenters. The fraction of sp³-hybridized carbons (Fsp3) is 0.120. The summed E-state index contributed by atoms with van der Waals surface area (Å²) in [5, 5.41) is 0.619. The first kappa shape index (κ1) is 26.8. The molecule has 192 valence electrons. The molecule has 3 aromatic carbocycles. The van der Waals surface area contributed by atoms with Crippen molar-refractivity contribution in [2.24, 2.45) is 7.05 Å². The van der Waals surface area contributed by atoms with Gasteiger partial charge in [0.25, 0.3) is 15.6 Å². The van der Waals surface area contributed by atoms with E-state index in [1.807, 2.05) is 0 Å². The van der Waals surface area contributed by atoms with Gasteiger partial charge in [0, 0.05) is 27.7 Å². The second-order valence-corrected chi connectivity index (χ2v) is 10.9. The molecule has 0 aliphatic heterocycles. The van der Waals surface area contributed by atoms with Gasteiger partial charge in [-0.3, -0.25) is 14.2 Å². The Bertz CT molecular complexity index is 1640. The molecule has 0 bridgehead atoms. The standard InChI is InChI=1S/C25H20Cl3N3O5S/c1-15-23(24(32)31(30(15)2)18-7-4-3-5-8-18)29-37(34,35)19-12-16(11-17(26)13-19)25(33)36-14-20-21(27)9-6-10-22(20)28/h3-13,29H,14H2,1-2H3. The van der Waals surface area contributed by atoms with Crippen LogP contribution in [0.15, 0.2) is 76.4 Å². The van der Waals surface area contributed by atoms with Crippen LogP contribution in [0.1, 0.15) is 21.6 Å². The summed E-state index contributed by atoms with van der Waals surface area (Å²) in [5.74, 6) is -0.836. The number of ether oxygens (including phenoxy) is 1. The van der Waals surface area contributed by atoms with Crippen LogP contribution in [0.4, 0.5) is 5.69 Å². The Morgan fingerprint density at radius 3 is 2.27 bits per heavy atom. The number of carbonyl (C=O) groups excluding carboxylic acids is 1. The Morgan fingerprint density at radius 1 is 0.973 bits per heavy atom. The Hall–Kier alpha value is -3.24. The van der Waals surface area contributed by atoms with Crippen molar-refractivity contribution >= 4 is 56.5 Å². The number of rotatable bonds is 7. The van der Waals surface area contributed by atoms with E-state index >= 15 is 0 Å². The van der Waals surface area contributed by atoms with Gasteiger partial charge in [0.1, 0.15) is 12.3 Å². The van der Waals surface area contributed by atoms with Crippen molar-refractivity contribution in [3.05, 3.63) is 109 Å². The monoisotopic (exact) mass is 579 g/mol. The first-order valence-corrected chi connectivity index (χ1v) is 13.4. The van der Waals surface area contributed by atoms with Gasteiger partial charge >= 0.3 is 5.97 Å². The van der Waals surface area contributed by atoms with Crippen molar-refractivity contribution in [2.45, 2.75) is 18.4 Å². The van der Waals surface area contributed by atoms with E-state index in [1.165, 1.54) is 21.5 Å². The summed E-state index contributed by atoms with van der Waals surface area (Å²) in [6.45, 7) is 1.38. The molecule has 0 fully saturated rings. The van der Waals surface area contributed by atoms with E-state index in [9.17, 15) is 18.0 Å². The Kier molecular flexibility index (Phi) is 7.70. The van der Waals surface area contributed by atoms with Crippen molar-refractivity contribution in [1.29, 1.82) is 0 Å². The maximum absolute atomic E-state index is 13.2. The Balaban J connectivity index is 1.63. The second-order valence-electron chi connectivity index (χ2n) is 7.99. The summed E-state index contributed by atoms with van der Waals surface area (Å²) in [6, 6.07) is 17.2. The third-order valence-electron chi connectivity index (χ3n) is 5.62. The number of hydrogen-bond donors (Lipinski definition) is 1. The first-order valence-electron chi connectivity index (χ1n) is 10.8. The molecule has 0 saturated heterocycles. The third kappa shape index (κ3) is 5.55. The number of esters is 1. The zero-order chi connectivity index (χ0) is 26.9. The van der Waals surface area contributed by atoms with Gasteiger partial charge in [0.15, 0.2) is 0 Å². The topological polar surface area (TPSA) is 99.4 Å². The molecule has 4 rings (SSSR count). The van der Waals surface area contributed by atoms with Gasteiger partial charge in [-0.05, 0) is 49.4 Å². The lowest BCUT2D eigenvalue weighted by Crippen LogP contribution is -2.23. The molecular weight excluding hydrogens is 561 g/mol. The van der Waals surface area contributed by atoms with Crippen LogP contribution in [0.2, 0.25) is 15.1 Å². The lowest BCUT2D eigenvalue weighted by Gasteiger charge is -2.11. The lowest BCUT2D eigenvalue weighted by atomic mass is 10.2. The number of benzene rings is 3. The predicted molar refractivity (Wildman–Crippen MR) is 144 cm³/mol. The van der Waals surface area contributed by atoms with Gasteiger partial charge in [-0.25, -0.2) is 17.9 Å². The summed E-state index contributed by atoms with van der Waals surface area (Å²) in [7, 11) is -2.67. The molecule has 0 spiro atoms. The van der Waals surface area contributed by atoms with Crippen LogP contribution >= 0.6 is 34.8 Å². The van der Waals surface area contributed by atoms with Crippen LogP contribution in [-0.4, -0.2) is 23.8 Å². The molecule has 0 aliphatic carbocycles. The minimum absolute atomic E-state index is 0.0166. The van der Waals surface area contributed by atoms with E-state index in [4.69, 9.17) is 39.5 Å². The van der Waals surface area contributed by atoms with Crippen LogP contribution in [0.3, 0.4) is 0 Å². The van der Waals surface area contributed by atoms with E-state index in [-0.39, 0.29) is 27.8 Å². The molecule has 1 heterocycles. The number of nitrogens with zero attached hydrogens (tertiary/aromatic N) is 2. The number of sulfonamides is 1. The SMILES string of the molecule is Cc1c(NS(=O)(=O)c2cc(Cl)cc(C(=O)OCc3c(Cl)cccc3Cl)c2)c(=O)n(-c2ccccc2)n1C. The summed E-state index contributed by atoms with van der Waals surface area (Å²) < 4.78 is 37.0. The number of anilines is 1. The number of para-hydroxylation sites is 1. The van der Waals surface area contributed by atoms with Crippen molar-refractivity contribution < 1.29 is 17.9 Å². The minimum atomic E-state index is -4.31. The highest BCUT2D eigenvalue weighted by Gasteiger charge is 2.24. The van der Waals surface area contributed by atoms with Crippen LogP contribution in [0.25, 0.3) is 5.69 Å². The number of nitrogens with one attached hydrogen (secondary N) is 1. The van der Waals surface area contributed by atoms with Gasteiger partial charge in [0.05, 0.1) is 21.8 Å². The van der Waals surface area contributed by atoms with Gasteiger partial charge in [0.2, 0.25) is 0 Å². The minimum Gasteiger partial charge on any atom is -0.457 e. The molecule has 4 aromatic rings. The van der Waals surface area contributed by atoms with Crippen molar-refractivity contribution in [3.8, 4) is 5.69 Å². The average Bonchev–Trinajstić information content (AvgIpc) is 3.06. The zero-order valence-corrected chi connectivity index (χ0v) is 22.6. The molecule has 0 amide bonds. The van der Waals surface area contributed by atoms with E-state index in [2.05, 4.69) is 4.72 Å². The Labute approximate surface area is 228 Å². The number of aromatic nitrogens is 2. The van der Waals surface area contributed by atoms with Crippen LogP contribution < -0.4 is 10.3 Å². The van der Waals surface area contributed by atoms with Gasteiger partial charge in [-0.2, -0.15) is 0 Å². The molecule has 1 aromatic heterocycles. The van der Waals surface area contributed by atoms with E-state index in [0.29, 0.717) is 27.0 Å². The van der Waals surface area contributed by atoms with E-state index in [0.717, 1.165) is 6.07 Å². The maximum Gasteiger partial charge on any atom is 0.338 e. The van der Waals surface area contributed by atoms with Crippen LogP contribution in [0.5, 0.6) is 0 Å². The van der Waals surface area contributed by atoms with Gasteiger partial charge < -0.3 is 4.74 Å². The molecule has 0 aliphatic rings. The van der Waals surface area contributed by atoms with Gasteiger partial charge in [-0.1, -0.05) is 59.1 Å². The molecule has 8 nitrogen and oxygen atoms in total. The quantitative estimate of drug-likeness (QED) is 0.287. The van der Waals surface area contributed by atoms with Crippen LogP contribution in [0, 0.1) is 6.92 Å². The third-order valence-corrected chi connectivity index (χ3v) is 7.87. The summed E-state index contributed by atoms with van der Waals surface area (Å²) in [4.78, 5) is 25.5. The molecule has 0 saturated carbocycles. The predicted octanol–water partition coefficient (Wildman–Crippen LogP) is 5.60. The molecule has 12 heteroatoms. The van der Waals surface area contributed by atoms with E-state index < -0.39 is 21.6 Å². The average molecular weight is 581 g/mol. The first-order chi connectivity index (χ1) is 17.5. The van der Waals surface area contributed by atoms with Crippen molar-refractivity contribution in [1.82, 2.24) is 9.36 Å². The normalized spacial score (nSPS) is 11.4.